The molecule has 2 unspecified atom stereocenters. The summed E-state index contributed by atoms with van der Waals surface area (Å²) >= 11 is 0. The average Bonchev–Trinajstić information content (AvgIpc) is 3.21. The van der Waals surface area contributed by atoms with Crippen molar-refractivity contribution in [1.29, 1.82) is 5.26 Å². The van der Waals surface area contributed by atoms with Gasteiger partial charge in [-0.2, -0.15) is 5.26 Å². The third-order valence-electron chi connectivity index (χ3n) is 5.39. The van der Waals surface area contributed by atoms with Crippen molar-refractivity contribution in [2.45, 2.75) is 31.3 Å². The van der Waals surface area contributed by atoms with Gasteiger partial charge < -0.3 is 10.2 Å². The van der Waals surface area contributed by atoms with Gasteiger partial charge in [0.2, 0.25) is 11.8 Å². The van der Waals surface area contributed by atoms with Gasteiger partial charge in [0, 0.05) is 11.8 Å². The normalized spacial score (nSPS) is 20.4. The molecule has 1 aromatic carbocycles. The summed E-state index contributed by atoms with van der Waals surface area (Å²) in [5.74, 6) is -4.22. The average molecular weight is 400 g/mol. The molecular weight excluding hydrogens is 385 g/mol. The van der Waals surface area contributed by atoms with Crippen molar-refractivity contribution in [3.8, 4) is 6.07 Å². The highest BCUT2D eigenvalue weighted by Gasteiger charge is 2.50. The number of benzene rings is 1. The number of nitrogens with zero attached hydrogens (tertiary/aromatic N) is 3. The molecule has 6 nitrogen and oxygen atoms in total. The Hall–Kier alpha value is -3.41. The molecule has 2 heterocycles. The van der Waals surface area contributed by atoms with Gasteiger partial charge in [0.05, 0.1) is 29.3 Å². The van der Waals surface area contributed by atoms with Crippen LogP contribution in [0.5, 0.6) is 0 Å². The molecule has 0 spiro atoms. The zero-order chi connectivity index (χ0) is 20.9. The quantitative estimate of drug-likeness (QED) is 0.855. The molecule has 0 saturated carbocycles. The van der Waals surface area contributed by atoms with Crippen molar-refractivity contribution in [2.75, 3.05) is 6.54 Å². The summed E-state index contributed by atoms with van der Waals surface area (Å²) in [5.41, 5.74) is 0.588. The van der Waals surface area contributed by atoms with Crippen molar-refractivity contribution >= 4 is 11.8 Å². The number of halogens is 3. The second-order valence-corrected chi connectivity index (χ2v) is 7.13. The SMILES string of the molecule is C[C@H](NC(=O)CN1C(=O)C2CC1c1c2ccc(F)c1F)c1ncc(C#N)cc1F. The van der Waals surface area contributed by atoms with Gasteiger partial charge in [-0.1, -0.05) is 6.07 Å². The van der Waals surface area contributed by atoms with Crippen molar-refractivity contribution < 1.29 is 22.8 Å². The maximum absolute atomic E-state index is 14.2. The summed E-state index contributed by atoms with van der Waals surface area (Å²) < 4.78 is 41.9. The molecule has 2 aromatic rings. The van der Waals surface area contributed by atoms with Crippen molar-refractivity contribution in [2.24, 2.45) is 0 Å². The smallest absolute Gasteiger partial charge is 0.240 e. The number of carbonyl (C=O) groups is 2. The number of fused-ring (bicyclic) bond motifs is 5. The number of rotatable bonds is 4. The highest BCUT2D eigenvalue weighted by molar-refractivity contribution is 5.93. The van der Waals surface area contributed by atoms with E-state index in [2.05, 4.69) is 10.3 Å². The van der Waals surface area contributed by atoms with Gasteiger partial charge in [-0.15, -0.1) is 0 Å². The zero-order valence-corrected chi connectivity index (χ0v) is 15.2. The molecule has 148 valence electrons. The van der Waals surface area contributed by atoms with E-state index in [9.17, 15) is 22.8 Å². The molecule has 1 N–H and O–H groups in total. The van der Waals surface area contributed by atoms with E-state index in [1.54, 1.807) is 6.07 Å². The van der Waals surface area contributed by atoms with Crippen LogP contribution >= 0.6 is 0 Å². The Morgan fingerprint density at radius 3 is 2.83 bits per heavy atom. The first kappa shape index (κ1) is 18.9. The molecule has 1 aliphatic heterocycles. The van der Waals surface area contributed by atoms with Gasteiger partial charge in [0.25, 0.3) is 0 Å². The number of nitrogens with one attached hydrogen (secondary N) is 1. The van der Waals surface area contributed by atoms with Crippen molar-refractivity contribution in [1.82, 2.24) is 15.2 Å². The maximum Gasteiger partial charge on any atom is 0.240 e. The number of pyridine rings is 1. The van der Waals surface area contributed by atoms with Crippen LogP contribution in [-0.2, 0) is 9.59 Å². The Labute approximate surface area is 164 Å². The second kappa shape index (κ2) is 6.88. The van der Waals surface area contributed by atoms with Crippen LogP contribution in [0.15, 0.2) is 24.4 Å². The van der Waals surface area contributed by atoms with E-state index >= 15 is 0 Å². The molecule has 3 atom stereocenters. The summed E-state index contributed by atoms with van der Waals surface area (Å²) in [6.45, 7) is 1.15. The molecule has 2 amide bonds. The first-order chi connectivity index (χ1) is 13.8. The van der Waals surface area contributed by atoms with Crippen LogP contribution in [0.3, 0.4) is 0 Å². The van der Waals surface area contributed by atoms with Gasteiger partial charge in [-0.25, -0.2) is 13.2 Å². The Kier molecular flexibility index (Phi) is 4.49. The molecule has 0 radical (unpaired) electrons. The molecule has 4 rings (SSSR count). The second-order valence-electron chi connectivity index (χ2n) is 7.13. The Balaban J connectivity index is 1.49. The van der Waals surface area contributed by atoms with E-state index in [1.807, 2.05) is 0 Å². The summed E-state index contributed by atoms with van der Waals surface area (Å²) in [7, 11) is 0. The van der Waals surface area contributed by atoms with Crippen LogP contribution in [0.25, 0.3) is 0 Å². The van der Waals surface area contributed by atoms with Gasteiger partial charge in [-0.3, -0.25) is 14.6 Å². The summed E-state index contributed by atoms with van der Waals surface area (Å²) in [6, 6.07) is 3.68. The fourth-order valence-electron chi connectivity index (χ4n) is 4.09. The number of carbonyl (C=O) groups excluding carboxylic acids is 2. The lowest BCUT2D eigenvalue weighted by atomic mass is 9.97. The van der Waals surface area contributed by atoms with E-state index in [4.69, 9.17) is 5.26 Å². The molecule has 9 heteroatoms. The summed E-state index contributed by atoms with van der Waals surface area (Å²) in [5, 5.41) is 11.3. The van der Waals surface area contributed by atoms with E-state index in [0.717, 1.165) is 12.1 Å². The first-order valence-electron chi connectivity index (χ1n) is 8.95. The molecule has 29 heavy (non-hydrogen) atoms. The van der Waals surface area contributed by atoms with Crippen LogP contribution < -0.4 is 5.32 Å². The number of hydrogen-bond acceptors (Lipinski definition) is 4. The fourth-order valence-corrected chi connectivity index (χ4v) is 4.09. The lowest BCUT2D eigenvalue weighted by molar-refractivity contribution is -0.136. The third-order valence-corrected chi connectivity index (χ3v) is 5.39. The minimum Gasteiger partial charge on any atom is -0.346 e. The van der Waals surface area contributed by atoms with Crippen LogP contribution in [0, 0.1) is 28.8 Å². The Morgan fingerprint density at radius 2 is 2.14 bits per heavy atom. The van der Waals surface area contributed by atoms with E-state index in [-0.39, 0.29) is 29.3 Å². The Morgan fingerprint density at radius 1 is 1.38 bits per heavy atom. The van der Waals surface area contributed by atoms with E-state index in [1.165, 1.54) is 24.1 Å². The highest BCUT2D eigenvalue weighted by Crippen LogP contribution is 2.51. The van der Waals surface area contributed by atoms with Crippen LogP contribution in [0.2, 0.25) is 0 Å². The fraction of sp³-hybridized carbons (Fsp3) is 0.300. The minimum absolute atomic E-state index is 0.0509. The van der Waals surface area contributed by atoms with Gasteiger partial charge >= 0.3 is 0 Å². The highest BCUT2D eigenvalue weighted by atomic mass is 19.2. The molecule has 1 fully saturated rings. The van der Waals surface area contributed by atoms with Gasteiger partial charge in [-0.05, 0) is 31.0 Å². The predicted octanol–water partition coefficient (Wildman–Crippen LogP) is 2.62. The van der Waals surface area contributed by atoms with Gasteiger partial charge in [0.1, 0.15) is 18.4 Å². The molecule has 1 saturated heterocycles. The number of likely N-dealkylation sites (tertiary alicyclic amines) is 1. The predicted molar refractivity (Wildman–Crippen MR) is 93.6 cm³/mol. The number of nitriles is 1. The molecule has 1 aliphatic carbocycles. The van der Waals surface area contributed by atoms with Crippen LogP contribution in [0.1, 0.15) is 53.7 Å². The van der Waals surface area contributed by atoms with Crippen LogP contribution in [-0.4, -0.2) is 28.2 Å². The molecule has 1 aromatic heterocycles. The zero-order valence-electron chi connectivity index (χ0n) is 15.2. The van der Waals surface area contributed by atoms with E-state index in [0.29, 0.717) is 12.0 Å². The standard InChI is InChI=1S/C20H15F3N4O2/c1-9(19-14(22)4-10(6-24)7-25-19)26-16(28)8-27-15-5-12(20(27)29)11-2-3-13(21)18(23)17(11)15/h2-4,7,9,12,15H,5,8H2,1H3,(H,26,28)/t9-,12?,15?/m0/s1. The number of hydrogen-bond donors (Lipinski definition) is 1. The minimum atomic E-state index is -0.996. The molecular formula is C20H15F3N4O2. The monoisotopic (exact) mass is 400 g/mol. The van der Waals surface area contributed by atoms with Crippen LogP contribution in [0.4, 0.5) is 13.2 Å². The van der Waals surface area contributed by atoms with E-state index < -0.39 is 41.4 Å². The van der Waals surface area contributed by atoms with Gasteiger partial charge in [0.15, 0.2) is 11.6 Å². The number of amides is 2. The number of aromatic nitrogens is 1. The first-order valence-corrected chi connectivity index (χ1v) is 8.95. The lowest BCUT2D eigenvalue weighted by Gasteiger charge is -2.29. The largest absolute Gasteiger partial charge is 0.346 e. The summed E-state index contributed by atoms with van der Waals surface area (Å²) in [6.07, 6.45) is 1.49. The maximum atomic E-state index is 14.2. The lowest BCUT2D eigenvalue weighted by Crippen LogP contribution is -2.42. The molecule has 2 aliphatic rings. The van der Waals surface area contributed by atoms with Crippen molar-refractivity contribution in [3.05, 3.63) is 64.2 Å². The topological polar surface area (TPSA) is 86.1 Å². The Bertz CT molecular complexity index is 1080. The molecule has 2 bridgehead atoms. The summed E-state index contributed by atoms with van der Waals surface area (Å²) in [4.78, 5) is 30.1. The van der Waals surface area contributed by atoms with Crippen molar-refractivity contribution in [3.63, 3.8) is 0 Å². The third kappa shape index (κ3) is 3.01.